The van der Waals surface area contributed by atoms with E-state index in [2.05, 4.69) is 9.97 Å². The van der Waals surface area contributed by atoms with Gasteiger partial charge in [-0.2, -0.15) is 18.4 Å². The topological polar surface area (TPSA) is 64.9 Å². The molecule has 1 aliphatic rings. The van der Waals surface area contributed by atoms with Gasteiger partial charge in [-0.25, -0.2) is 4.98 Å². The highest BCUT2D eigenvalue weighted by Crippen LogP contribution is 2.41. The lowest BCUT2D eigenvalue weighted by Crippen LogP contribution is -2.37. The van der Waals surface area contributed by atoms with Gasteiger partial charge in [-0.15, -0.1) is 0 Å². The fourth-order valence-corrected chi connectivity index (χ4v) is 2.87. The van der Waals surface area contributed by atoms with Crippen molar-refractivity contribution in [1.82, 2.24) is 9.97 Å². The van der Waals surface area contributed by atoms with Crippen molar-refractivity contribution in [3.63, 3.8) is 0 Å². The van der Waals surface area contributed by atoms with Crippen molar-refractivity contribution in [2.75, 3.05) is 31.2 Å². The number of morpholine rings is 1. The number of H-pyrrole nitrogens is 1. The SMILES string of the molecule is Cc1[nH]c2c(N3CCOCC3)c(C#N)c(C(F)(F)F)nc2c1Cl. The summed E-state index contributed by atoms with van der Waals surface area (Å²) in [5, 5.41) is 9.46. The molecule has 0 radical (unpaired) electrons. The molecule has 9 heteroatoms. The maximum absolute atomic E-state index is 13.3. The molecule has 0 bridgehead atoms. The van der Waals surface area contributed by atoms with E-state index in [0.717, 1.165) is 0 Å². The average Bonchev–Trinajstić information content (AvgIpc) is 2.80. The minimum absolute atomic E-state index is 0.0250. The van der Waals surface area contributed by atoms with E-state index in [4.69, 9.17) is 16.3 Å². The first kappa shape index (κ1) is 15.9. The Balaban J connectivity index is 2.38. The number of nitrogens with zero attached hydrogens (tertiary/aromatic N) is 3. The van der Waals surface area contributed by atoms with Gasteiger partial charge in [-0.05, 0) is 6.92 Å². The maximum atomic E-state index is 13.3. The van der Waals surface area contributed by atoms with Gasteiger partial charge in [0.15, 0.2) is 5.69 Å². The Morgan fingerprint density at radius 3 is 2.57 bits per heavy atom. The Labute approximate surface area is 134 Å². The maximum Gasteiger partial charge on any atom is 0.434 e. The van der Waals surface area contributed by atoms with E-state index in [0.29, 0.717) is 37.5 Å². The molecule has 122 valence electrons. The third-order valence-electron chi connectivity index (χ3n) is 3.73. The summed E-state index contributed by atoms with van der Waals surface area (Å²) in [5.41, 5.74) is -0.648. The number of nitriles is 1. The number of hydrogen-bond acceptors (Lipinski definition) is 4. The molecule has 23 heavy (non-hydrogen) atoms. The van der Waals surface area contributed by atoms with Gasteiger partial charge in [-0.1, -0.05) is 11.6 Å². The van der Waals surface area contributed by atoms with Crippen LogP contribution >= 0.6 is 11.6 Å². The number of aromatic nitrogens is 2. The van der Waals surface area contributed by atoms with Crippen LogP contribution in [-0.2, 0) is 10.9 Å². The average molecular weight is 345 g/mol. The van der Waals surface area contributed by atoms with Crippen LogP contribution in [-0.4, -0.2) is 36.3 Å². The highest BCUT2D eigenvalue weighted by molar-refractivity contribution is 6.36. The summed E-state index contributed by atoms with van der Waals surface area (Å²) in [6, 6.07) is 1.66. The number of aromatic amines is 1. The molecule has 0 unspecified atom stereocenters. The van der Waals surface area contributed by atoms with E-state index in [-0.39, 0.29) is 16.2 Å². The van der Waals surface area contributed by atoms with Crippen LogP contribution < -0.4 is 4.90 Å². The van der Waals surface area contributed by atoms with Gasteiger partial charge in [0.05, 0.1) is 29.4 Å². The van der Waals surface area contributed by atoms with E-state index >= 15 is 0 Å². The molecule has 0 aliphatic carbocycles. The summed E-state index contributed by atoms with van der Waals surface area (Å²) < 4.78 is 45.3. The lowest BCUT2D eigenvalue weighted by Gasteiger charge is -2.30. The van der Waals surface area contributed by atoms with E-state index in [1.165, 1.54) is 0 Å². The summed E-state index contributed by atoms with van der Waals surface area (Å²) in [6.07, 6.45) is -4.74. The quantitative estimate of drug-likeness (QED) is 0.862. The fraction of sp³-hybridized carbons (Fsp3) is 0.429. The predicted octanol–water partition coefficient (Wildman–Crippen LogP) is 3.25. The van der Waals surface area contributed by atoms with Gasteiger partial charge < -0.3 is 14.6 Å². The Morgan fingerprint density at radius 1 is 1.35 bits per heavy atom. The molecule has 2 aromatic heterocycles. The largest absolute Gasteiger partial charge is 0.434 e. The predicted molar refractivity (Wildman–Crippen MR) is 78.6 cm³/mol. The minimum Gasteiger partial charge on any atom is -0.378 e. The molecule has 2 aromatic rings. The van der Waals surface area contributed by atoms with Crippen LogP contribution in [0, 0.1) is 18.3 Å². The third kappa shape index (κ3) is 2.60. The number of alkyl halides is 3. The molecule has 1 saturated heterocycles. The van der Waals surface area contributed by atoms with Crippen LogP contribution in [0.4, 0.5) is 18.9 Å². The zero-order chi connectivity index (χ0) is 16.8. The van der Waals surface area contributed by atoms with Gasteiger partial charge in [0, 0.05) is 18.8 Å². The van der Waals surface area contributed by atoms with Crippen LogP contribution in [0.5, 0.6) is 0 Å². The first-order valence-electron chi connectivity index (χ1n) is 6.86. The van der Waals surface area contributed by atoms with Gasteiger partial charge in [-0.3, -0.25) is 0 Å². The number of pyridine rings is 1. The van der Waals surface area contributed by atoms with Gasteiger partial charge in [0.25, 0.3) is 0 Å². The minimum atomic E-state index is -4.74. The molecule has 1 aliphatic heterocycles. The normalized spacial score (nSPS) is 15.9. The van der Waals surface area contributed by atoms with Crippen molar-refractivity contribution in [2.24, 2.45) is 0 Å². The Hall–Kier alpha value is -1.98. The Bertz CT molecular complexity index is 803. The Kier molecular flexibility index (Phi) is 3.86. The number of hydrogen-bond donors (Lipinski definition) is 1. The molecule has 0 aromatic carbocycles. The summed E-state index contributed by atoms with van der Waals surface area (Å²) >= 11 is 6.08. The Morgan fingerprint density at radius 2 is 2.00 bits per heavy atom. The molecule has 0 amide bonds. The number of aryl methyl sites for hydroxylation is 1. The molecule has 1 fully saturated rings. The third-order valence-corrected chi connectivity index (χ3v) is 4.19. The molecular weight excluding hydrogens is 333 g/mol. The second-order valence-corrected chi connectivity index (χ2v) is 5.56. The van der Waals surface area contributed by atoms with Crippen LogP contribution in [0.1, 0.15) is 17.0 Å². The number of fused-ring (bicyclic) bond motifs is 1. The fourth-order valence-electron chi connectivity index (χ4n) is 2.68. The van der Waals surface area contributed by atoms with Gasteiger partial charge in [0.1, 0.15) is 17.1 Å². The lowest BCUT2D eigenvalue weighted by atomic mass is 10.1. The second kappa shape index (κ2) is 5.58. The molecule has 0 saturated carbocycles. The van der Waals surface area contributed by atoms with Crippen molar-refractivity contribution >= 4 is 28.3 Å². The highest BCUT2D eigenvalue weighted by Gasteiger charge is 2.39. The van der Waals surface area contributed by atoms with Crippen molar-refractivity contribution in [1.29, 1.82) is 5.26 Å². The van der Waals surface area contributed by atoms with Crippen LogP contribution in [0.15, 0.2) is 0 Å². The highest BCUT2D eigenvalue weighted by atomic mass is 35.5. The second-order valence-electron chi connectivity index (χ2n) is 5.18. The van der Waals surface area contributed by atoms with Crippen molar-refractivity contribution < 1.29 is 17.9 Å². The molecule has 0 spiro atoms. The number of ether oxygens (including phenoxy) is 1. The summed E-state index contributed by atoms with van der Waals surface area (Å²) in [7, 11) is 0. The standard InChI is InChI=1S/C14H12ClF3N4O/c1-7-9(15)10-11(20-7)12(22-2-4-23-5-3-22)8(6-19)13(21-10)14(16,17)18/h20H,2-5H2,1H3. The van der Waals surface area contributed by atoms with Crippen LogP contribution in [0.2, 0.25) is 5.02 Å². The smallest absolute Gasteiger partial charge is 0.378 e. The first-order valence-corrected chi connectivity index (χ1v) is 7.24. The molecule has 0 atom stereocenters. The van der Waals surface area contributed by atoms with Crippen molar-refractivity contribution in [3.05, 3.63) is 22.0 Å². The number of halogens is 4. The lowest BCUT2D eigenvalue weighted by molar-refractivity contribution is -0.141. The number of anilines is 1. The number of nitrogens with one attached hydrogen (secondary N) is 1. The zero-order valence-corrected chi connectivity index (χ0v) is 12.8. The molecule has 1 N–H and O–H groups in total. The monoisotopic (exact) mass is 344 g/mol. The summed E-state index contributed by atoms with van der Waals surface area (Å²) in [5.74, 6) is 0. The van der Waals surface area contributed by atoms with E-state index in [1.54, 1.807) is 17.9 Å². The first-order chi connectivity index (χ1) is 10.8. The van der Waals surface area contributed by atoms with E-state index in [9.17, 15) is 18.4 Å². The van der Waals surface area contributed by atoms with E-state index in [1.807, 2.05) is 0 Å². The summed E-state index contributed by atoms with van der Waals surface area (Å²) in [6.45, 7) is 3.18. The van der Waals surface area contributed by atoms with Crippen LogP contribution in [0.3, 0.4) is 0 Å². The van der Waals surface area contributed by atoms with E-state index < -0.39 is 17.4 Å². The van der Waals surface area contributed by atoms with Crippen molar-refractivity contribution in [2.45, 2.75) is 13.1 Å². The van der Waals surface area contributed by atoms with Crippen LogP contribution in [0.25, 0.3) is 11.0 Å². The molecule has 3 heterocycles. The molecule has 5 nitrogen and oxygen atoms in total. The molecule has 3 rings (SSSR count). The molecular formula is C14H12ClF3N4O. The number of rotatable bonds is 1. The van der Waals surface area contributed by atoms with Crippen molar-refractivity contribution in [3.8, 4) is 6.07 Å². The zero-order valence-electron chi connectivity index (χ0n) is 12.1. The summed E-state index contributed by atoms with van der Waals surface area (Å²) in [4.78, 5) is 8.28. The van der Waals surface area contributed by atoms with Gasteiger partial charge >= 0.3 is 6.18 Å². The van der Waals surface area contributed by atoms with Gasteiger partial charge in [0.2, 0.25) is 0 Å².